The normalized spacial score (nSPS) is 9.60. The Morgan fingerprint density at radius 2 is 1.90 bits per heavy atom. The van der Waals surface area contributed by atoms with E-state index in [1.165, 1.54) is 6.92 Å². The second kappa shape index (κ2) is 6.39. The van der Waals surface area contributed by atoms with Gasteiger partial charge in [-0.15, -0.1) is 0 Å². The van der Waals surface area contributed by atoms with Gasteiger partial charge in [0.05, 0.1) is 11.6 Å². The van der Waals surface area contributed by atoms with E-state index in [1.54, 1.807) is 6.07 Å². The molecule has 20 heavy (non-hydrogen) atoms. The molecule has 100 valence electrons. The van der Waals surface area contributed by atoms with Gasteiger partial charge in [-0.3, -0.25) is 4.79 Å². The monoisotopic (exact) mass is 265 g/mol. The van der Waals surface area contributed by atoms with Crippen molar-refractivity contribution in [3.05, 3.63) is 59.7 Å². The van der Waals surface area contributed by atoms with Crippen LogP contribution in [0.4, 0.5) is 11.4 Å². The number of carbonyl (C=O) groups excluding carboxylic acids is 1. The van der Waals surface area contributed by atoms with Gasteiger partial charge >= 0.3 is 0 Å². The second-order valence-corrected chi connectivity index (χ2v) is 4.43. The van der Waals surface area contributed by atoms with E-state index in [0.717, 1.165) is 16.9 Å². The third-order valence-electron chi connectivity index (χ3n) is 2.74. The topological polar surface area (TPSA) is 64.9 Å². The average molecular weight is 265 g/mol. The van der Waals surface area contributed by atoms with E-state index < -0.39 is 0 Å². The Labute approximate surface area is 118 Å². The summed E-state index contributed by atoms with van der Waals surface area (Å²) in [5.41, 5.74) is 3.36. The molecule has 2 aromatic carbocycles. The van der Waals surface area contributed by atoms with E-state index in [-0.39, 0.29) is 5.91 Å². The van der Waals surface area contributed by atoms with Crippen LogP contribution in [0.15, 0.2) is 48.5 Å². The van der Waals surface area contributed by atoms with E-state index in [9.17, 15) is 4.79 Å². The molecular weight excluding hydrogens is 250 g/mol. The number of nitriles is 1. The van der Waals surface area contributed by atoms with Crippen molar-refractivity contribution in [2.45, 2.75) is 13.5 Å². The molecule has 2 N–H and O–H groups in total. The van der Waals surface area contributed by atoms with Crippen molar-refractivity contribution in [2.75, 3.05) is 10.6 Å². The quantitative estimate of drug-likeness (QED) is 0.892. The lowest BCUT2D eigenvalue weighted by Crippen LogP contribution is -2.06. The molecule has 0 aliphatic carbocycles. The predicted octanol–water partition coefficient (Wildman–Crippen LogP) is 3.13. The van der Waals surface area contributed by atoms with E-state index in [2.05, 4.69) is 16.7 Å². The molecule has 0 aliphatic rings. The summed E-state index contributed by atoms with van der Waals surface area (Å²) >= 11 is 0. The fraction of sp³-hybridized carbons (Fsp3) is 0.125. The summed E-state index contributed by atoms with van der Waals surface area (Å²) in [6.07, 6.45) is 0. The van der Waals surface area contributed by atoms with Gasteiger partial charge in [0, 0.05) is 24.8 Å². The first kappa shape index (κ1) is 13.6. The number of hydrogen-bond acceptors (Lipinski definition) is 3. The summed E-state index contributed by atoms with van der Waals surface area (Å²) < 4.78 is 0. The molecule has 4 nitrogen and oxygen atoms in total. The van der Waals surface area contributed by atoms with Gasteiger partial charge in [0.15, 0.2) is 0 Å². The van der Waals surface area contributed by atoms with Gasteiger partial charge in [-0.2, -0.15) is 5.26 Å². The Balaban J connectivity index is 2.03. The number of benzene rings is 2. The zero-order valence-electron chi connectivity index (χ0n) is 11.2. The number of hydrogen-bond donors (Lipinski definition) is 2. The lowest BCUT2D eigenvalue weighted by atomic mass is 10.1. The van der Waals surface area contributed by atoms with E-state index >= 15 is 0 Å². The fourth-order valence-corrected chi connectivity index (χ4v) is 1.87. The maximum Gasteiger partial charge on any atom is 0.221 e. The zero-order valence-corrected chi connectivity index (χ0v) is 11.2. The smallest absolute Gasteiger partial charge is 0.221 e. The van der Waals surface area contributed by atoms with Gasteiger partial charge < -0.3 is 10.6 Å². The van der Waals surface area contributed by atoms with E-state index in [4.69, 9.17) is 5.26 Å². The van der Waals surface area contributed by atoms with Crippen LogP contribution in [-0.2, 0) is 11.3 Å². The molecule has 1 amide bonds. The van der Waals surface area contributed by atoms with Crippen LogP contribution in [0.25, 0.3) is 0 Å². The molecule has 0 saturated heterocycles. The van der Waals surface area contributed by atoms with Gasteiger partial charge in [0.1, 0.15) is 0 Å². The maximum atomic E-state index is 11.0. The minimum Gasteiger partial charge on any atom is -0.381 e. The van der Waals surface area contributed by atoms with Crippen molar-refractivity contribution in [2.24, 2.45) is 0 Å². The van der Waals surface area contributed by atoms with Crippen LogP contribution in [0.2, 0.25) is 0 Å². The molecule has 0 bridgehead atoms. The van der Waals surface area contributed by atoms with E-state index in [1.807, 2.05) is 42.5 Å². The van der Waals surface area contributed by atoms with Crippen molar-refractivity contribution in [3.63, 3.8) is 0 Å². The first-order valence-corrected chi connectivity index (χ1v) is 6.28. The molecule has 0 aromatic heterocycles. The van der Waals surface area contributed by atoms with Crippen LogP contribution >= 0.6 is 0 Å². The number of nitrogens with one attached hydrogen (secondary N) is 2. The Kier molecular flexibility index (Phi) is 4.35. The number of amides is 1. The number of rotatable bonds is 4. The number of anilines is 2. The Hall–Kier alpha value is -2.80. The maximum absolute atomic E-state index is 11.0. The summed E-state index contributed by atoms with van der Waals surface area (Å²) in [6.45, 7) is 2.10. The highest BCUT2D eigenvalue weighted by Crippen LogP contribution is 2.16. The van der Waals surface area contributed by atoms with Crippen LogP contribution in [0.3, 0.4) is 0 Å². The van der Waals surface area contributed by atoms with Crippen molar-refractivity contribution in [3.8, 4) is 6.07 Å². The largest absolute Gasteiger partial charge is 0.381 e. The van der Waals surface area contributed by atoms with Crippen LogP contribution < -0.4 is 10.6 Å². The highest BCUT2D eigenvalue weighted by atomic mass is 16.1. The molecule has 0 spiro atoms. The molecule has 0 unspecified atom stereocenters. The van der Waals surface area contributed by atoms with Gasteiger partial charge in [-0.05, 0) is 35.9 Å². The third kappa shape index (κ3) is 3.85. The lowest BCUT2D eigenvalue weighted by Gasteiger charge is -2.09. The number of carbonyl (C=O) groups is 1. The highest BCUT2D eigenvalue weighted by molar-refractivity contribution is 5.89. The summed E-state index contributed by atoms with van der Waals surface area (Å²) in [4.78, 5) is 11.0. The zero-order chi connectivity index (χ0) is 14.4. The molecule has 0 radical (unpaired) electrons. The van der Waals surface area contributed by atoms with Crippen LogP contribution in [0.1, 0.15) is 18.1 Å². The standard InChI is InChI=1S/C16H15N3O/c1-12(20)19-16-7-3-6-15(9-16)18-11-14-5-2-4-13(8-14)10-17/h2-9,18H,11H2,1H3,(H,19,20). The van der Waals surface area contributed by atoms with Gasteiger partial charge in [0.2, 0.25) is 5.91 Å². The summed E-state index contributed by atoms with van der Waals surface area (Å²) in [6, 6.07) is 17.1. The first-order chi connectivity index (χ1) is 9.67. The predicted molar refractivity (Wildman–Crippen MR) is 79.2 cm³/mol. The molecule has 0 heterocycles. The van der Waals surface area contributed by atoms with Crippen molar-refractivity contribution in [1.82, 2.24) is 0 Å². The number of nitrogens with zero attached hydrogens (tertiary/aromatic N) is 1. The Morgan fingerprint density at radius 3 is 2.65 bits per heavy atom. The third-order valence-corrected chi connectivity index (χ3v) is 2.74. The minimum atomic E-state index is -0.0936. The second-order valence-electron chi connectivity index (χ2n) is 4.43. The molecule has 0 saturated carbocycles. The molecule has 2 aromatic rings. The van der Waals surface area contributed by atoms with Crippen molar-refractivity contribution < 1.29 is 4.79 Å². The highest BCUT2D eigenvalue weighted by Gasteiger charge is 1.99. The summed E-state index contributed by atoms with van der Waals surface area (Å²) in [5.74, 6) is -0.0936. The van der Waals surface area contributed by atoms with Gasteiger partial charge in [-0.1, -0.05) is 18.2 Å². The molecule has 2 rings (SSSR count). The fourth-order valence-electron chi connectivity index (χ4n) is 1.87. The van der Waals surface area contributed by atoms with Crippen LogP contribution in [0.5, 0.6) is 0 Å². The molecule has 0 fully saturated rings. The molecule has 4 heteroatoms. The average Bonchev–Trinajstić information content (AvgIpc) is 2.45. The van der Waals surface area contributed by atoms with E-state index in [0.29, 0.717) is 12.1 Å². The van der Waals surface area contributed by atoms with Gasteiger partial charge in [0.25, 0.3) is 0 Å². The summed E-state index contributed by atoms with van der Waals surface area (Å²) in [5, 5.41) is 14.9. The molecule has 0 aliphatic heterocycles. The molecular formula is C16H15N3O. The van der Waals surface area contributed by atoms with Crippen LogP contribution in [0, 0.1) is 11.3 Å². The Morgan fingerprint density at radius 1 is 1.15 bits per heavy atom. The van der Waals surface area contributed by atoms with Crippen molar-refractivity contribution >= 4 is 17.3 Å². The lowest BCUT2D eigenvalue weighted by molar-refractivity contribution is -0.114. The minimum absolute atomic E-state index is 0.0936. The first-order valence-electron chi connectivity index (χ1n) is 6.28. The van der Waals surface area contributed by atoms with Crippen molar-refractivity contribution in [1.29, 1.82) is 5.26 Å². The SMILES string of the molecule is CC(=O)Nc1cccc(NCc2cccc(C#N)c2)c1. The van der Waals surface area contributed by atoms with Crippen LogP contribution in [-0.4, -0.2) is 5.91 Å². The molecule has 0 atom stereocenters. The summed E-state index contributed by atoms with van der Waals surface area (Å²) in [7, 11) is 0. The Bertz CT molecular complexity index is 659. The van der Waals surface area contributed by atoms with Gasteiger partial charge in [-0.25, -0.2) is 0 Å².